The predicted molar refractivity (Wildman–Crippen MR) is 631 cm³/mol. The quantitative estimate of drug-likeness (QED) is 0.00585. The van der Waals surface area contributed by atoms with E-state index in [9.17, 15) is 62.3 Å². The monoisotopic (exact) mass is 2700 g/mol. The van der Waals surface area contributed by atoms with E-state index in [0.29, 0.717) is 71.9 Å². The number of aromatic nitrogens is 10. The predicted octanol–water partition coefficient (Wildman–Crippen LogP) is 14.0. The van der Waals surface area contributed by atoms with Gasteiger partial charge in [-0.1, -0.05) is 134 Å². The van der Waals surface area contributed by atoms with Crippen molar-refractivity contribution in [1.29, 1.82) is 4.50 Å². The van der Waals surface area contributed by atoms with Gasteiger partial charge in [-0.15, -0.1) is 0 Å². The lowest BCUT2D eigenvalue weighted by Crippen LogP contribution is -2.37. The SMILES string of the molecule is C.CC[C@@H]1C=C[C@H](n2cc(C)c(=O)[nH]c2=O)O1.CC[C@@H]1CCC(=O)O1.CC[C@H]1CCC(=O)O1.Cc1cn(C2=C[C@H](CO)OC2)c(=O)[nH]c1=O.Cc1cn([C@H]2C=C[C@@H](CO)O2)c(=O)[nH]c1=O.Cc1cnc(O[Si](C)(C)C)nc1O[Si](C)(C)C.[3H]S(=P)(P)(I)[C@H]1C[C@@H](CC)OC1=O.[3H]S(=P)(P)(I)[C@H]1C[C@@H](CC)OC1=O.[3H]S(=P)(P)(I)[C@H]1C[C@@H](CC)O[C@@H]1OC(C)=O.[3H]S(=P)(P)(I)[C@H]1C[C@@H](CC)O[C@H]1n1cc(C)c(=O)[nH]c1=O. The Labute approximate surface area is 898 Å². The summed E-state index contributed by atoms with van der Waals surface area (Å²) in [7, 11) is 20.6. The molecule has 21 atom stereocenters. The fourth-order valence-electron chi connectivity index (χ4n) is 13.7. The summed E-state index contributed by atoms with van der Waals surface area (Å²) in [5.41, 5.74) is -0.0792. The van der Waals surface area contributed by atoms with E-state index >= 15 is 0 Å². The van der Waals surface area contributed by atoms with Crippen molar-refractivity contribution in [2.75, 3.05) is 19.8 Å². The minimum absolute atomic E-state index is 0. The molecule has 37 nitrogen and oxygen atoms in total. The molecule has 4 unspecified atom stereocenters. The van der Waals surface area contributed by atoms with Crippen LogP contribution in [0.3, 0.4) is 0 Å². The average Bonchev–Trinajstić information content (AvgIpc) is 1.41. The largest absolute Gasteiger partial charge is 0.531 e. The van der Waals surface area contributed by atoms with Crippen LogP contribution in [-0.2, 0) is 94.9 Å². The molecule has 6 N–H and O–H groups in total. The van der Waals surface area contributed by atoms with Gasteiger partial charge in [0, 0.05) is 96.7 Å². The first-order valence-corrected chi connectivity index (χ1v) is 79.8. The molecule has 5 aromatic heterocycles. The molecule has 6 fully saturated rings. The van der Waals surface area contributed by atoms with Crippen molar-refractivity contribution in [3.05, 3.63) is 173 Å². The third-order valence-electron chi connectivity index (χ3n) is 21.6. The number of aryl methyl sites for hydroxylation is 5. The number of carbonyl (C=O) groups excluding carboxylic acids is 5. The summed E-state index contributed by atoms with van der Waals surface area (Å²) in [6.07, 6.45) is 26.2. The third-order valence-corrected chi connectivity index (χ3v) is 43.4. The van der Waals surface area contributed by atoms with Crippen molar-refractivity contribution >= 4 is 226 Å². The van der Waals surface area contributed by atoms with Gasteiger partial charge in [0.25, 0.3) is 22.2 Å². The van der Waals surface area contributed by atoms with Gasteiger partial charge in [-0.3, -0.25) is 81.4 Å². The molecular weight excluding hydrogens is 2540 g/mol. The van der Waals surface area contributed by atoms with Crippen LogP contribution in [0.1, 0.15) is 206 Å². The van der Waals surface area contributed by atoms with Crippen molar-refractivity contribution < 1.29 is 90.4 Å². The highest BCUT2D eigenvalue weighted by atomic mass is 127. The minimum Gasteiger partial charge on any atom is -0.531 e. The van der Waals surface area contributed by atoms with Crippen LogP contribution in [0.25, 0.3) is 5.70 Å². The number of nitrogens with one attached hydrogen (secondary N) is 4. The molecule has 55 heteroatoms. The Morgan fingerprint density at radius 2 is 0.887 bits per heavy atom. The van der Waals surface area contributed by atoms with Crippen molar-refractivity contribution in [3.8, 4) is 11.9 Å². The van der Waals surface area contributed by atoms with Crippen molar-refractivity contribution in [2.45, 2.75) is 334 Å². The Kier molecular flexibility index (Phi) is 53.1. The Bertz CT molecular complexity index is 6060. The second kappa shape index (κ2) is 60.6. The summed E-state index contributed by atoms with van der Waals surface area (Å²) < 4.78 is 103. The lowest BCUT2D eigenvalue weighted by Gasteiger charge is -2.28. The standard InChI is InChI=1S/C11H19IN2O3P2S.C11H14N2O3.C11H22N2O2Si2.2C10H12N2O4.C8H17IO3P2S.2C6H13IO2P2S.2C6H10O2.CH4/c1-3-7-4-8(20(12,18)19)10(17-7)14-5-6(2)9(15)13-11(14)16;1-3-8-4-5-9(16-8)13-6-7(2)10(14)12-11(13)15;1-9-8-12-11(15-17(5,6)7)13-10(9)14-16(2,3)4;1-6-3-12(10(15)11-9(6)14)7-2-8(4-13)16-5-7;1-6-4-12(10(15)11-9(6)14)8-3-2-7(5-13)16-8;1-3-6-4-7(15(9,13)14)8(12-6)11-5(2)10;2*1-2-4-3-5(6(8)9-4)12(7,10)11;2*1-2-5-3-4-6(7)8-5;/h5,7-8,10,18,20H,3-4,19H2,1-2H3,(H,13,15,16);4-6,8-9H,3H2,1-2H3,(H,12,14,15);8H,1-7H3;2-3,8,13H,4-5H2,1H3,(H,11,14,15);2-4,7-8,13H,5H2,1H3,(H,11,14,15);6-8,13,15H,3-4,14H2,1-2H3;2*4-5,10,12H,2-3,11H2,1H3;2*5H,2-4H2,1H3;1H4/t7-,8+,10-;8-,9-;;8-;7-,8+;6-,7+,8+;2*4-,5+;2*5-;/m11.1011110./s1/i20T;;;;;15T;2*12T;;;. The number of ether oxygens (including phenoxy) is 10. The summed E-state index contributed by atoms with van der Waals surface area (Å²) in [4.78, 5) is 164. The zero-order chi connectivity index (χ0) is 110. The summed E-state index contributed by atoms with van der Waals surface area (Å²) >= 11 is 8.18. The summed E-state index contributed by atoms with van der Waals surface area (Å²) in [5, 5.41) is 16.8. The summed E-state index contributed by atoms with van der Waals surface area (Å²) in [5.74, 6) is -10.7. The van der Waals surface area contributed by atoms with Gasteiger partial charge in [0.15, 0.2) is 12.5 Å². The van der Waals surface area contributed by atoms with Crippen LogP contribution in [0, 0.1) is 34.6 Å². The highest BCUT2D eigenvalue weighted by molar-refractivity contribution is 14.2. The third kappa shape index (κ3) is 43.9. The topological polar surface area (TPSA) is 482 Å². The number of aliphatic hydroxyl groups is 2. The van der Waals surface area contributed by atoms with Crippen molar-refractivity contribution in [3.63, 3.8) is 0 Å². The van der Waals surface area contributed by atoms with E-state index in [1.165, 1.54) is 50.0 Å². The number of hydrogen-bond donors (Lipinski definition) is 10. The van der Waals surface area contributed by atoms with Crippen molar-refractivity contribution in [2.24, 2.45) is 0 Å². The number of aliphatic hydroxyl groups excluding tert-OH is 2. The van der Waals surface area contributed by atoms with Gasteiger partial charge < -0.3 is 66.4 Å². The van der Waals surface area contributed by atoms with E-state index in [1.807, 2.05) is 110 Å². The van der Waals surface area contributed by atoms with Crippen LogP contribution in [0.4, 0.5) is 0 Å². The van der Waals surface area contributed by atoms with E-state index < -0.39 is 105 Å². The van der Waals surface area contributed by atoms with Crippen LogP contribution in [0.5, 0.6) is 11.9 Å². The van der Waals surface area contributed by atoms with Gasteiger partial charge in [0.05, 0.1) is 64.1 Å². The zero-order valence-electron chi connectivity index (χ0n) is 86.1. The van der Waals surface area contributed by atoms with Gasteiger partial charge in [-0.05, 0) is 248 Å². The second-order valence-electron chi connectivity index (χ2n) is 35.4. The number of nitrogens with zero attached hydrogens (tertiary/aromatic N) is 6. The molecule has 141 heavy (non-hydrogen) atoms. The molecular formula is C86H146I4N10O27P8S4Si2. The highest BCUT2D eigenvalue weighted by Crippen LogP contribution is 2.48. The Morgan fingerprint density at radius 1 is 0.496 bits per heavy atom. The number of carbonyl (C=O) groups is 5. The van der Waals surface area contributed by atoms with Crippen LogP contribution < -0.4 is 53.8 Å². The molecule has 14 heterocycles. The molecule has 0 aromatic carbocycles. The normalized spacial score (nSPS) is 26.3. The molecule has 0 radical (unpaired) electrons. The van der Waals surface area contributed by atoms with Gasteiger partial charge in [0.2, 0.25) is 28.8 Å². The van der Waals surface area contributed by atoms with Gasteiger partial charge in [-0.25, -0.2) is 24.2 Å². The minimum atomic E-state index is -2.73. The van der Waals surface area contributed by atoms with Crippen LogP contribution in [0.15, 0.2) is 99.7 Å². The fourth-order valence-corrected chi connectivity index (χ4v) is 29.2. The van der Waals surface area contributed by atoms with Gasteiger partial charge in [0.1, 0.15) is 42.9 Å². The molecule has 802 valence electrons. The van der Waals surface area contributed by atoms with Crippen molar-refractivity contribution in [1.82, 2.24) is 48.2 Å². The van der Waals surface area contributed by atoms with E-state index in [0.717, 1.165) is 69.8 Å². The maximum absolute atomic E-state index is 12.1. The summed E-state index contributed by atoms with van der Waals surface area (Å²) in [6, 6.07) is 0.433. The van der Waals surface area contributed by atoms with Crippen LogP contribution in [-0.4, -0.2) is 211 Å². The Morgan fingerprint density at radius 3 is 1.23 bits per heavy atom. The lowest BCUT2D eigenvalue weighted by atomic mass is 10.2. The molecule has 0 aliphatic carbocycles. The van der Waals surface area contributed by atoms with E-state index in [2.05, 4.69) is 177 Å². The maximum atomic E-state index is 12.1. The molecule has 5 aromatic rings. The molecule has 9 aliphatic rings. The number of hydrogen-bond acceptors (Lipinski definition) is 29. The first kappa shape index (κ1) is 124. The number of aromatic amines is 4. The average molecular weight is 2700 g/mol. The number of thiol groups is 4. The highest BCUT2D eigenvalue weighted by Gasteiger charge is 2.43. The van der Waals surface area contributed by atoms with Gasteiger partial charge in [-0.2, -0.15) is 28.6 Å². The first-order chi connectivity index (χ1) is 66.1. The number of cyclic esters (lactones) is 4. The lowest BCUT2D eigenvalue weighted by molar-refractivity contribution is -0.172. The fraction of sp³-hybridized carbons (Fsp3) is 0.640. The smallest absolute Gasteiger partial charge is 0.332 e. The maximum Gasteiger partial charge on any atom is 0.332 e. The molecule has 0 bridgehead atoms. The van der Waals surface area contributed by atoms with Crippen LogP contribution in [0.2, 0.25) is 39.3 Å². The molecule has 14 rings (SSSR count). The second-order valence-corrected chi connectivity index (χ2v) is 113. The summed E-state index contributed by atoms with van der Waals surface area (Å²) in [6.45, 7) is 36.6. The van der Waals surface area contributed by atoms with Gasteiger partial charge >= 0.3 is 58.6 Å². The number of halogens is 4. The van der Waals surface area contributed by atoms with E-state index in [1.54, 1.807) is 52.1 Å². The van der Waals surface area contributed by atoms with E-state index in [-0.39, 0.29) is 138 Å². The molecule has 0 amide bonds. The molecule has 0 saturated carbocycles. The van der Waals surface area contributed by atoms with Crippen LogP contribution >= 0.6 is 151 Å². The Hall–Kier alpha value is -2.64. The Balaban J connectivity index is 0.000000338. The number of H-pyrrole nitrogens is 4. The molecule has 9 aliphatic heterocycles. The number of rotatable bonds is 22. The molecule has 0 spiro atoms. The first-order valence-electron chi connectivity index (χ1n) is 46.8. The van der Waals surface area contributed by atoms with E-state index in [4.69, 9.17) is 70.9 Å². The zero-order valence-corrected chi connectivity index (χ0v) is 105. The number of esters is 5. The molecule has 6 saturated heterocycles.